The number of ether oxygens (including phenoxy) is 1. The first-order valence-corrected chi connectivity index (χ1v) is 9.01. The number of nitrogens with one attached hydrogen (secondary N) is 1. The summed E-state index contributed by atoms with van der Waals surface area (Å²) in [6.07, 6.45) is 1.70. The molecule has 3 rings (SSSR count). The Morgan fingerprint density at radius 2 is 2.12 bits per heavy atom. The lowest BCUT2D eigenvalue weighted by molar-refractivity contribution is 0.0517. The topological polar surface area (TPSA) is 80.5 Å². The lowest BCUT2D eigenvalue weighted by Crippen LogP contribution is -2.42. The van der Waals surface area contributed by atoms with Gasteiger partial charge in [0, 0.05) is 25.2 Å². The number of nitrogens with zero attached hydrogens (tertiary/aromatic N) is 3. The summed E-state index contributed by atoms with van der Waals surface area (Å²) in [6.45, 7) is 7.82. The van der Waals surface area contributed by atoms with E-state index in [-0.39, 0.29) is 6.09 Å². The van der Waals surface area contributed by atoms with Crippen molar-refractivity contribution in [3.63, 3.8) is 0 Å². The molecule has 1 aromatic heterocycles. The predicted molar refractivity (Wildman–Crippen MR) is 98.9 cm³/mol. The highest BCUT2D eigenvalue weighted by molar-refractivity contribution is 5.67. The van der Waals surface area contributed by atoms with Crippen molar-refractivity contribution in [2.75, 3.05) is 24.5 Å². The average Bonchev–Trinajstić information content (AvgIpc) is 3.10. The fourth-order valence-electron chi connectivity index (χ4n) is 3.00. The van der Waals surface area contributed by atoms with E-state index < -0.39 is 5.60 Å². The van der Waals surface area contributed by atoms with E-state index in [2.05, 4.69) is 20.4 Å². The number of rotatable bonds is 4. The second-order valence-corrected chi connectivity index (χ2v) is 7.60. The van der Waals surface area contributed by atoms with Gasteiger partial charge in [-0.3, -0.25) is 0 Å². The van der Waals surface area contributed by atoms with E-state index in [0.29, 0.717) is 24.3 Å². The summed E-state index contributed by atoms with van der Waals surface area (Å²) in [5, 5.41) is 6.98. The minimum absolute atomic E-state index is 0.329. The minimum atomic E-state index is -0.485. The largest absolute Gasteiger partial charge is 0.444 e. The van der Waals surface area contributed by atoms with Crippen LogP contribution >= 0.6 is 0 Å². The number of anilines is 1. The minimum Gasteiger partial charge on any atom is -0.444 e. The summed E-state index contributed by atoms with van der Waals surface area (Å²) >= 11 is 0. The highest BCUT2D eigenvalue weighted by atomic mass is 16.6. The number of benzene rings is 1. The van der Waals surface area contributed by atoms with Gasteiger partial charge in [0.2, 0.25) is 0 Å². The molecule has 1 amide bonds. The Kier molecular flexibility index (Phi) is 5.44. The maximum atomic E-state index is 11.8. The van der Waals surface area contributed by atoms with E-state index in [1.807, 2.05) is 51.1 Å². The molecule has 140 valence electrons. The third-order valence-electron chi connectivity index (χ3n) is 4.17. The van der Waals surface area contributed by atoms with E-state index in [9.17, 15) is 4.79 Å². The Hall–Kier alpha value is -2.57. The number of aromatic nitrogens is 2. The average molecular weight is 358 g/mol. The van der Waals surface area contributed by atoms with Crippen LogP contribution in [0.25, 0.3) is 11.5 Å². The zero-order valence-corrected chi connectivity index (χ0v) is 15.6. The number of amides is 1. The Labute approximate surface area is 153 Å². The predicted octanol–water partition coefficient (Wildman–Crippen LogP) is 3.48. The summed E-state index contributed by atoms with van der Waals surface area (Å²) in [4.78, 5) is 18.5. The molecular formula is C19H26N4O3. The first-order valence-electron chi connectivity index (χ1n) is 9.01. The summed E-state index contributed by atoms with van der Waals surface area (Å²) in [7, 11) is 0. The van der Waals surface area contributed by atoms with Crippen LogP contribution in [0.1, 0.15) is 33.6 Å². The van der Waals surface area contributed by atoms with Crippen LogP contribution in [0.5, 0.6) is 0 Å². The molecule has 1 saturated heterocycles. The molecule has 0 radical (unpaired) electrons. The number of carbonyl (C=O) groups excluding carboxylic acids is 1. The molecule has 1 aromatic carbocycles. The van der Waals surface area contributed by atoms with Crippen LogP contribution in [-0.2, 0) is 4.74 Å². The van der Waals surface area contributed by atoms with Crippen molar-refractivity contribution in [2.24, 2.45) is 5.92 Å². The van der Waals surface area contributed by atoms with Crippen molar-refractivity contribution in [3.05, 3.63) is 30.3 Å². The van der Waals surface area contributed by atoms with Crippen molar-refractivity contribution in [2.45, 2.75) is 39.2 Å². The fourth-order valence-corrected chi connectivity index (χ4v) is 3.00. The molecule has 0 spiro atoms. The summed E-state index contributed by atoms with van der Waals surface area (Å²) < 4.78 is 10.7. The summed E-state index contributed by atoms with van der Waals surface area (Å²) in [6, 6.07) is 9.73. The molecule has 1 unspecified atom stereocenters. The first kappa shape index (κ1) is 18.2. The van der Waals surface area contributed by atoms with E-state index in [1.165, 1.54) is 0 Å². The van der Waals surface area contributed by atoms with E-state index in [4.69, 9.17) is 9.26 Å². The Morgan fingerprint density at radius 3 is 2.85 bits per heavy atom. The van der Waals surface area contributed by atoms with Gasteiger partial charge in [0.25, 0.3) is 11.8 Å². The maximum absolute atomic E-state index is 11.8. The van der Waals surface area contributed by atoms with Gasteiger partial charge in [0.15, 0.2) is 0 Å². The molecule has 1 N–H and O–H groups in total. The standard InChI is InChI=1S/C19H26N4O3/c1-19(2,3)25-18(24)20-12-14-8-7-11-23(13-14)17-21-16(26-22-17)15-9-5-4-6-10-15/h4-6,9-10,14H,7-8,11-13H2,1-3H3,(H,20,24). The lowest BCUT2D eigenvalue weighted by atomic mass is 9.98. The molecule has 2 heterocycles. The van der Waals surface area contributed by atoms with Crippen molar-refractivity contribution >= 4 is 12.0 Å². The smallest absolute Gasteiger partial charge is 0.407 e. The molecule has 26 heavy (non-hydrogen) atoms. The number of piperidine rings is 1. The highest BCUT2D eigenvalue weighted by Gasteiger charge is 2.25. The van der Waals surface area contributed by atoms with Crippen molar-refractivity contribution in [3.8, 4) is 11.5 Å². The molecule has 2 aromatic rings. The Balaban J connectivity index is 1.55. The van der Waals surface area contributed by atoms with Gasteiger partial charge in [0.05, 0.1) is 0 Å². The quantitative estimate of drug-likeness (QED) is 0.901. The summed E-state index contributed by atoms with van der Waals surface area (Å²) in [5.74, 6) is 1.45. The molecule has 0 saturated carbocycles. The SMILES string of the molecule is CC(C)(C)OC(=O)NCC1CCCN(c2noc(-c3ccccc3)n2)C1. The van der Waals surface area contributed by atoms with Crippen LogP contribution in [-0.4, -0.2) is 41.5 Å². The molecule has 1 aliphatic heterocycles. The Bertz CT molecular complexity index is 724. The molecule has 1 fully saturated rings. The van der Waals surface area contributed by atoms with Gasteiger partial charge in [-0.15, -0.1) is 0 Å². The maximum Gasteiger partial charge on any atom is 0.407 e. The molecule has 1 aliphatic rings. The monoisotopic (exact) mass is 358 g/mol. The number of hydrogen-bond donors (Lipinski definition) is 1. The highest BCUT2D eigenvalue weighted by Crippen LogP contribution is 2.24. The van der Waals surface area contributed by atoms with Gasteiger partial charge in [0.1, 0.15) is 5.60 Å². The van der Waals surface area contributed by atoms with E-state index in [1.54, 1.807) is 0 Å². The lowest BCUT2D eigenvalue weighted by Gasteiger charge is -2.31. The van der Waals surface area contributed by atoms with Crippen LogP contribution in [0, 0.1) is 5.92 Å². The second kappa shape index (κ2) is 7.76. The van der Waals surface area contributed by atoms with Crippen LogP contribution in [0.4, 0.5) is 10.7 Å². The molecule has 7 nitrogen and oxygen atoms in total. The van der Waals surface area contributed by atoms with Gasteiger partial charge >= 0.3 is 6.09 Å². The second-order valence-electron chi connectivity index (χ2n) is 7.60. The first-order chi connectivity index (χ1) is 12.4. The van der Waals surface area contributed by atoms with Gasteiger partial charge in [-0.1, -0.05) is 18.2 Å². The van der Waals surface area contributed by atoms with Crippen LogP contribution in [0.15, 0.2) is 34.9 Å². The molecular weight excluding hydrogens is 332 g/mol. The zero-order valence-electron chi connectivity index (χ0n) is 15.6. The van der Waals surface area contributed by atoms with Crippen LogP contribution in [0.3, 0.4) is 0 Å². The van der Waals surface area contributed by atoms with Crippen molar-refractivity contribution in [1.82, 2.24) is 15.5 Å². The van der Waals surface area contributed by atoms with Crippen molar-refractivity contribution < 1.29 is 14.1 Å². The van der Waals surface area contributed by atoms with Gasteiger partial charge < -0.3 is 19.5 Å². The number of alkyl carbamates (subject to hydrolysis) is 1. The fraction of sp³-hybridized carbons (Fsp3) is 0.526. The molecule has 7 heteroatoms. The van der Waals surface area contributed by atoms with Crippen molar-refractivity contribution in [1.29, 1.82) is 0 Å². The summed E-state index contributed by atoms with van der Waals surface area (Å²) in [5.41, 5.74) is 0.424. The number of hydrogen-bond acceptors (Lipinski definition) is 6. The van der Waals surface area contributed by atoms with E-state index >= 15 is 0 Å². The van der Waals surface area contributed by atoms with Crippen LogP contribution in [0.2, 0.25) is 0 Å². The molecule has 0 bridgehead atoms. The molecule has 1 atom stereocenters. The van der Waals surface area contributed by atoms with E-state index in [0.717, 1.165) is 31.5 Å². The van der Waals surface area contributed by atoms with Gasteiger partial charge in [-0.05, 0) is 56.8 Å². The molecule has 0 aliphatic carbocycles. The Morgan fingerprint density at radius 1 is 1.35 bits per heavy atom. The normalized spacial score (nSPS) is 17.8. The van der Waals surface area contributed by atoms with Gasteiger partial charge in [-0.2, -0.15) is 4.98 Å². The number of carbonyl (C=O) groups is 1. The van der Waals surface area contributed by atoms with Crippen LogP contribution < -0.4 is 10.2 Å². The third kappa shape index (κ3) is 4.97. The zero-order chi connectivity index (χ0) is 18.6. The third-order valence-corrected chi connectivity index (χ3v) is 4.17. The van der Waals surface area contributed by atoms with Gasteiger partial charge in [-0.25, -0.2) is 4.79 Å².